The summed E-state index contributed by atoms with van der Waals surface area (Å²) in [6.07, 6.45) is 0.771. The third kappa shape index (κ3) is 3.39. The van der Waals surface area contributed by atoms with E-state index in [0.29, 0.717) is 6.42 Å². The average Bonchev–Trinajstić information content (AvgIpc) is 2.68. The fourth-order valence-electron chi connectivity index (χ4n) is 2.98. The number of hydrogen-bond donors (Lipinski definition) is 0. The molecule has 2 fully saturated rings. The van der Waals surface area contributed by atoms with Gasteiger partial charge in [-0.15, -0.1) is 0 Å². The van der Waals surface area contributed by atoms with Crippen LogP contribution in [0, 0.1) is 17.2 Å². The van der Waals surface area contributed by atoms with Crippen molar-refractivity contribution < 1.29 is 8.78 Å². The first-order valence-corrected chi connectivity index (χ1v) is 6.74. The van der Waals surface area contributed by atoms with E-state index in [4.69, 9.17) is 5.26 Å². The van der Waals surface area contributed by atoms with Gasteiger partial charge in [-0.25, -0.2) is 8.78 Å². The molecule has 1 saturated carbocycles. The van der Waals surface area contributed by atoms with Crippen molar-refractivity contribution in [3.05, 3.63) is 0 Å². The first kappa shape index (κ1) is 13.7. The Morgan fingerprint density at radius 2 is 2.00 bits per heavy atom. The normalized spacial score (nSPS) is 31.1. The highest BCUT2D eigenvalue weighted by molar-refractivity contribution is 4.91. The van der Waals surface area contributed by atoms with Crippen LogP contribution in [-0.4, -0.2) is 54.5 Å². The van der Waals surface area contributed by atoms with Gasteiger partial charge in [-0.05, 0) is 19.3 Å². The molecule has 2 unspecified atom stereocenters. The monoisotopic (exact) mass is 257 g/mol. The van der Waals surface area contributed by atoms with Crippen LogP contribution in [0.3, 0.4) is 0 Å². The lowest BCUT2D eigenvalue weighted by Gasteiger charge is -2.36. The van der Waals surface area contributed by atoms with E-state index in [1.807, 2.05) is 6.92 Å². The Hall–Kier alpha value is -0.730. The molecule has 18 heavy (non-hydrogen) atoms. The fraction of sp³-hybridized carbons (Fsp3) is 0.923. The van der Waals surface area contributed by atoms with E-state index >= 15 is 0 Å². The predicted molar refractivity (Wildman–Crippen MR) is 65.4 cm³/mol. The highest BCUT2D eigenvalue weighted by Gasteiger charge is 2.40. The van der Waals surface area contributed by atoms with Crippen molar-refractivity contribution in [2.24, 2.45) is 5.92 Å². The van der Waals surface area contributed by atoms with Crippen LogP contribution in [-0.2, 0) is 0 Å². The molecule has 3 nitrogen and oxygen atoms in total. The molecule has 0 bridgehead atoms. The van der Waals surface area contributed by atoms with E-state index < -0.39 is 5.92 Å². The minimum atomic E-state index is -2.43. The van der Waals surface area contributed by atoms with Crippen LogP contribution < -0.4 is 0 Å². The lowest BCUT2D eigenvalue weighted by molar-refractivity contribution is 0.00239. The van der Waals surface area contributed by atoms with Crippen molar-refractivity contribution in [3.8, 4) is 6.07 Å². The van der Waals surface area contributed by atoms with Gasteiger partial charge in [0.2, 0.25) is 5.92 Å². The van der Waals surface area contributed by atoms with Crippen molar-refractivity contribution in [3.63, 3.8) is 0 Å². The highest BCUT2D eigenvalue weighted by Crippen LogP contribution is 2.39. The molecule has 2 rings (SSSR count). The molecule has 1 heterocycles. The van der Waals surface area contributed by atoms with Gasteiger partial charge >= 0.3 is 0 Å². The number of nitriles is 1. The molecular formula is C13H21F2N3. The van der Waals surface area contributed by atoms with E-state index in [-0.39, 0.29) is 24.8 Å². The summed E-state index contributed by atoms with van der Waals surface area (Å²) in [7, 11) is 0. The molecular weight excluding hydrogens is 236 g/mol. The van der Waals surface area contributed by atoms with Gasteiger partial charge in [0, 0.05) is 45.6 Å². The number of alkyl halides is 2. The topological polar surface area (TPSA) is 30.3 Å². The first-order chi connectivity index (χ1) is 8.50. The molecule has 0 N–H and O–H groups in total. The van der Waals surface area contributed by atoms with Crippen molar-refractivity contribution in [1.29, 1.82) is 5.26 Å². The third-order valence-corrected chi connectivity index (χ3v) is 4.16. The van der Waals surface area contributed by atoms with E-state index in [0.717, 1.165) is 32.7 Å². The first-order valence-electron chi connectivity index (χ1n) is 6.74. The zero-order valence-electron chi connectivity index (χ0n) is 10.9. The minimum Gasteiger partial charge on any atom is -0.301 e. The van der Waals surface area contributed by atoms with Crippen LogP contribution in [0.1, 0.15) is 26.2 Å². The molecule has 0 amide bonds. The van der Waals surface area contributed by atoms with Crippen LogP contribution in [0.25, 0.3) is 0 Å². The summed E-state index contributed by atoms with van der Waals surface area (Å²) in [5.74, 6) is -2.28. The molecule has 2 atom stereocenters. The maximum atomic E-state index is 13.1. The van der Waals surface area contributed by atoms with Gasteiger partial charge in [0.15, 0.2) is 0 Å². The molecule has 0 aromatic rings. The van der Waals surface area contributed by atoms with Gasteiger partial charge in [-0.2, -0.15) is 5.26 Å². The van der Waals surface area contributed by atoms with Crippen LogP contribution >= 0.6 is 0 Å². The van der Waals surface area contributed by atoms with Crippen molar-refractivity contribution in [2.75, 3.05) is 32.7 Å². The Morgan fingerprint density at radius 3 is 2.50 bits per heavy atom. The summed E-state index contributed by atoms with van der Waals surface area (Å²) in [5.41, 5.74) is 0. The molecule has 0 aromatic carbocycles. The SMILES string of the molecule is CC(C#N)N1CCN(CC2CCC(F)(F)C2)CC1. The summed E-state index contributed by atoms with van der Waals surface area (Å²) in [6.45, 7) is 6.25. The average molecular weight is 257 g/mol. The second-order valence-corrected chi connectivity index (χ2v) is 5.61. The summed E-state index contributed by atoms with van der Waals surface area (Å²) < 4.78 is 26.2. The van der Waals surface area contributed by atoms with Crippen molar-refractivity contribution in [1.82, 2.24) is 9.80 Å². The van der Waals surface area contributed by atoms with Crippen LogP contribution in [0.15, 0.2) is 0 Å². The third-order valence-electron chi connectivity index (χ3n) is 4.16. The van der Waals surface area contributed by atoms with Gasteiger partial charge in [0.25, 0.3) is 0 Å². The Labute approximate surface area is 107 Å². The molecule has 1 aliphatic carbocycles. The molecule has 2 aliphatic rings. The van der Waals surface area contributed by atoms with Gasteiger partial charge in [-0.3, -0.25) is 4.90 Å². The van der Waals surface area contributed by atoms with Gasteiger partial charge in [0.05, 0.1) is 12.1 Å². The quantitative estimate of drug-likeness (QED) is 0.774. The maximum absolute atomic E-state index is 13.1. The lowest BCUT2D eigenvalue weighted by Crippen LogP contribution is -2.50. The van der Waals surface area contributed by atoms with Crippen LogP contribution in [0.4, 0.5) is 8.78 Å². The standard InChI is InChI=1S/C13H21F2N3/c1-11(9-16)18-6-4-17(5-7-18)10-12-2-3-13(14,15)8-12/h11-12H,2-8,10H2,1H3. The Kier molecular flexibility index (Phi) is 4.18. The van der Waals surface area contributed by atoms with E-state index in [1.54, 1.807) is 0 Å². The Morgan fingerprint density at radius 1 is 1.33 bits per heavy atom. The predicted octanol–water partition coefficient (Wildman–Crippen LogP) is 1.95. The number of rotatable bonds is 3. The second kappa shape index (κ2) is 5.50. The van der Waals surface area contributed by atoms with Crippen molar-refractivity contribution in [2.45, 2.75) is 38.2 Å². The number of nitrogens with zero attached hydrogens (tertiary/aromatic N) is 3. The molecule has 1 aliphatic heterocycles. The van der Waals surface area contributed by atoms with Gasteiger partial charge in [-0.1, -0.05) is 0 Å². The number of piperazine rings is 1. The Balaban J connectivity index is 1.73. The summed E-state index contributed by atoms with van der Waals surface area (Å²) in [5, 5.41) is 8.85. The van der Waals surface area contributed by atoms with Crippen molar-refractivity contribution >= 4 is 0 Å². The molecule has 102 valence electrons. The Bertz CT molecular complexity index is 319. The van der Waals surface area contributed by atoms with Crippen LogP contribution in [0.5, 0.6) is 0 Å². The van der Waals surface area contributed by atoms with Gasteiger partial charge in [0.1, 0.15) is 0 Å². The van der Waals surface area contributed by atoms with Gasteiger partial charge < -0.3 is 4.90 Å². The van der Waals surface area contributed by atoms with E-state index in [1.165, 1.54) is 0 Å². The largest absolute Gasteiger partial charge is 0.301 e. The van der Waals surface area contributed by atoms with E-state index in [2.05, 4.69) is 15.9 Å². The van der Waals surface area contributed by atoms with E-state index in [9.17, 15) is 8.78 Å². The fourth-order valence-corrected chi connectivity index (χ4v) is 2.98. The summed E-state index contributed by atoms with van der Waals surface area (Å²) in [6, 6.07) is 2.20. The summed E-state index contributed by atoms with van der Waals surface area (Å²) >= 11 is 0. The zero-order chi connectivity index (χ0) is 13.2. The highest BCUT2D eigenvalue weighted by atomic mass is 19.3. The summed E-state index contributed by atoms with van der Waals surface area (Å²) in [4.78, 5) is 4.42. The molecule has 0 aromatic heterocycles. The zero-order valence-corrected chi connectivity index (χ0v) is 10.9. The lowest BCUT2D eigenvalue weighted by atomic mass is 10.1. The maximum Gasteiger partial charge on any atom is 0.248 e. The molecule has 1 saturated heterocycles. The second-order valence-electron chi connectivity index (χ2n) is 5.61. The number of halogens is 2. The van der Waals surface area contributed by atoms with Crippen LogP contribution in [0.2, 0.25) is 0 Å². The minimum absolute atomic E-state index is 0.0389. The molecule has 0 radical (unpaired) electrons. The molecule has 5 heteroatoms. The smallest absolute Gasteiger partial charge is 0.248 e. The number of hydrogen-bond acceptors (Lipinski definition) is 3. The molecule has 0 spiro atoms.